The van der Waals surface area contributed by atoms with Gasteiger partial charge in [-0.3, -0.25) is 4.79 Å². The largest absolute Gasteiger partial charge is 0.497 e. The zero-order valence-electron chi connectivity index (χ0n) is 12.8. The average Bonchev–Trinajstić information content (AvgIpc) is 2.59. The van der Waals surface area contributed by atoms with Gasteiger partial charge in [-0.25, -0.2) is 4.79 Å². The first-order valence-corrected chi connectivity index (χ1v) is 6.84. The number of esters is 1. The number of hydrogen-bond acceptors (Lipinski definition) is 5. The van der Waals surface area contributed by atoms with Crippen LogP contribution in [0.4, 0.5) is 0 Å². The standard InChI is InChI=1S/C17H17NO5/c1-21-12-8-9-13(14(10-12)22-2)17(20)23-15(16(18)19)11-6-4-3-5-7-11/h3-10,15H,1-2H3,(H2,18,19). The fourth-order valence-corrected chi connectivity index (χ4v) is 2.06. The first-order valence-electron chi connectivity index (χ1n) is 6.84. The molecule has 1 unspecified atom stereocenters. The van der Waals surface area contributed by atoms with Crippen molar-refractivity contribution in [1.82, 2.24) is 0 Å². The Labute approximate surface area is 133 Å². The highest BCUT2D eigenvalue weighted by molar-refractivity contribution is 5.95. The van der Waals surface area contributed by atoms with Crippen LogP contribution in [0.2, 0.25) is 0 Å². The molecule has 0 spiro atoms. The minimum atomic E-state index is -1.17. The van der Waals surface area contributed by atoms with Gasteiger partial charge in [0.2, 0.25) is 6.10 Å². The molecule has 0 aliphatic carbocycles. The van der Waals surface area contributed by atoms with Gasteiger partial charge in [-0.05, 0) is 12.1 Å². The van der Waals surface area contributed by atoms with Crippen molar-refractivity contribution in [1.29, 1.82) is 0 Å². The number of methoxy groups -OCH3 is 2. The Morgan fingerprint density at radius 2 is 1.70 bits per heavy atom. The Bertz CT molecular complexity index is 699. The molecule has 0 saturated carbocycles. The maximum absolute atomic E-state index is 12.4. The van der Waals surface area contributed by atoms with E-state index in [2.05, 4.69) is 0 Å². The predicted octanol–water partition coefficient (Wildman–Crippen LogP) is 2.09. The van der Waals surface area contributed by atoms with Crippen LogP contribution in [0.25, 0.3) is 0 Å². The van der Waals surface area contributed by atoms with Gasteiger partial charge in [-0.15, -0.1) is 0 Å². The lowest BCUT2D eigenvalue weighted by Gasteiger charge is -2.16. The Balaban J connectivity index is 2.28. The number of benzene rings is 2. The van der Waals surface area contributed by atoms with Crippen LogP contribution < -0.4 is 15.2 Å². The molecule has 0 aliphatic rings. The number of ether oxygens (including phenoxy) is 3. The Kier molecular flexibility index (Phi) is 5.19. The van der Waals surface area contributed by atoms with E-state index in [0.29, 0.717) is 11.3 Å². The average molecular weight is 315 g/mol. The molecule has 2 aromatic rings. The number of rotatable bonds is 6. The maximum atomic E-state index is 12.4. The molecule has 2 N–H and O–H groups in total. The molecule has 23 heavy (non-hydrogen) atoms. The van der Waals surface area contributed by atoms with Crippen molar-refractivity contribution in [3.63, 3.8) is 0 Å². The van der Waals surface area contributed by atoms with Crippen molar-refractivity contribution in [3.05, 3.63) is 59.7 Å². The number of primary amides is 1. The van der Waals surface area contributed by atoms with Crippen LogP contribution in [0.3, 0.4) is 0 Å². The normalized spacial score (nSPS) is 11.4. The van der Waals surface area contributed by atoms with E-state index in [0.717, 1.165) is 0 Å². The van der Waals surface area contributed by atoms with Crippen LogP contribution in [0.5, 0.6) is 11.5 Å². The summed E-state index contributed by atoms with van der Waals surface area (Å²) in [6.45, 7) is 0. The number of carbonyl (C=O) groups is 2. The van der Waals surface area contributed by atoms with Crippen molar-refractivity contribution in [2.75, 3.05) is 14.2 Å². The molecule has 1 amide bonds. The molecule has 1 atom stereocenters. The van der Waals surface area contributed by atoms with Gasteiger partial charge in [0, 0.05) is 11.6 Å². The number of hydrogen-bond donors (Lipinski definition) is 1. The summed E-state index contributed by atoms with van der Waals surface area (Å²) in [5, 5.41) is 0. The lowest BCUT2D eigenvalue weighted by molar-refractivity contribution is -0.127. The Morgan fingerprint density at radius 1 is 1.00 bits per heavy atom. The van der Waals surface area contributed by atoms with E-state index < -0.39 is 18.0 Å². The second kappa shape index (κ2) is 7.31. The minimum absolute atomic E-state index is 0.176. The molecule has 2 rings (SSSR count). The fourth-order valence-electron chi connectivity index (χ4n) is 2.06. The van der Waals surface area contributed by atoms with Crippen LogP contribution in [0, 0.1) is 0 Å². The highest BCUT2D eigenvalue weighted by atomic mass is 16.5. The third-order valence-electron chi connectivity index (χ3n) is 3.21. The van der Waals surface area contributed by atoms with Crippen molar-refractivity contribution < 1.29 is 23.8 Å². The molecule has 0 fully saturated rings. The van der Waals surface area contributed by atoms with Gasteiger partial charge >= 0.3 is 5.97 Å². The van der Waals surface area contributed by atoms with Crippen LogP contribution >= 0.6 is 0 Å². The number of nitrogens with two attached hydrogens (primary N) is 1. The second-order valence-corrected chi connectivity index (χ2v) is 4.66. The van der Waals surface area contributed by atoms with Gasteiger partial charge in [0.25, 0.3) is 5.91 Å². The second-order valence-electron chi connectivity index (χ2n) is 4.66. The fraction of sp³-hybridized carbons (Fsp3) is 0.176. The summed E-state index contributed by atoms with van der Waals surface area (Å²) in [4.78, 5) is 24.0. The summed E-state index contributed by atoms with van der Waals surface area (Å²) in [5.41, 5.74) is 6.02. The molecule has 0 saturated heterocycles. The third-order valence-corrected chi connectivity index (χ3v) is 3.21. The van der Waals surface area contributed by atoms with Gasteiger partial charge in [-0.1, -0.05) is 30.3 Å². The zero-order chi connectivity index (χ0) is 16.8. The summed E-state index contributed by atoms with van der Waals surface area (Å²) >= 11 is 0. The highest BCUT2D eigenvalue weighted by Crippen LogP contribution is 2.27. The van der Waals surface area contributed by atoms with E-state index in [1.807, 2.05) is 0 Å². The van der Waals surface area contributed by atoms with Crippen LogP contribution in [0.1, 0.15) is 22.0 Å². The number of amides is 1. The topological polar surface area (TPSA) is 87.9 Å². The quantitative estimate of drug-likeness (QED) is 0.825. The Hall–Kier alpha value is -3.02. The van der Waals surface area contributed by atoms with Crippen LogP contribution in [-0.2, 0) is 9.53 Å². The van der Waals surface area contributed by atoms with E-state index in [1.54, 1.807) is 42.5 Å². The predicted molar refractivity (Wildman–Crippen MR) is 83.3 cm³/mol. The van der Waals surface area contributed by atoms with Crippen molar-refractivity contribution >= 4 is 11.9 Å². The first-order chi connectivity index (χ1) is 11.1. The molecule has 0 bridgehead atoms. The summed E-state index contributed by atoms with van der Waals surface area (Å²) in [5.74, 6) is -0.646. The molecule has 6 heteroatoms. The molecule has 0 aliphatic heterocycles. The summed E-state index contributed by atoms with van der Waals surface area (Å²) in [6, 6.07) is 13.2. The van der Waals surface area contributed by atoms with Crippen LogP contribution in [0.15, 0.2) is 48.5 Å². The van der Waals surface area contributed by atoms with Crippen LogP contribution in [-0.4, -0.2) is 26.1 Å². The van der Waals surface area contributed by atoms with Crippen molar-refractivity contribution in [2.45, 2.75) is 6.10 Å². The lowest BCUT2D eigenvalue weighted by atomic mass is 10.1. The maximum Gasteiger partial charge on any atom is 0.343 e. The van der Waals surface area contributed by atoms with Gasteiger partial charge in [0.15, 0.2) is 0 Å². The summed E-state index contributed by atoms with van der Waals surface area (Å²) < 4.78 is 15.5. The van der Waals surface area contributed by atoms with E-state index in [-0.39, 0.29) is 11.3 Å². The lowest BCUT2D eigenvalue weighted by Crippen LogP contribution is -2.26. The molecule has 6 nitrogen and oxygen atoms in total. The van der Waals surface area contributed by atoms with Gasteiger partial charge in [0.05, 0.1) is 14.2 Å². The summed E-state index contributed by atoms with van der Waals surface area (Å²) in [6.07, 6.45) is -1.17. The number of carbonyl (C=O) groups excluding carboxylic acids is 2. The van der Waals surface area contributed by atoms with Gasteiger partial charge < -0.3 is 19.9 Å². The van der Waals surface area contributed by atoms with E-state index in [9.17, 15) is 9.59 Å². The molecule has 0 heterocycles. The smallest absolute Gasteiger partial charge is 0.343 e. The molecular weight excluding hydrogens is 298 g/mol. The zero-order valence-corrected chi connectivity index (χ0v) is 12.8. The van der Waals surface area contributed by atoms with Crippen molar-refractivity contribution in [3.8, 4) is 11.5 Å². The molecule has 0 radical (unpaired) electrons. The molecular formula is C17H17NO5. The SMILES string of the molecule is COc1ccc(C(=O)OC(C(N)=O)c2ccccc2)c(OC)c1. The first kappa shape index (κ1) is 16.4. The van der Waals surface area contributed by atoms with Gasteiger partial charge in [0.1, 0.15) is 17.1 Å². The van der Waals surface area contributed by atoms with Crippen molar-refractivity contribution in [2.24, 2.45) is 5.73 Å². The molecule has 120 valence electrons. The molecule has 0 aromatic heterocycles. The van der Waals surface area contributed by atoms with E-state index >= 15 is 0 Å². The van der Waals surface area contributed by atoms with E-state index in [1.165, 1.54) is 20.3 Å². The highest BCUT2D eigenvalue weighted by Gasteiger charge is 2.25. The summed E-state index contributed by atoms with van der Waals surface area (Å²) in [7, 11) is 2.93. The third kappa shape index (κ3) is 3.79. The van der Waals surface area contributed by atoms with E-state index in [4.69, 9.17) is 19.9 Å². The molecule has 2 aromatic carbocycles. The minimum Gasteiger partial charge on any atom is -0.497 e. The van der Waals surface area contributed by atoms with Gasteiger partial charge in [-0.2, -0.15) is 0 Å². The monoisotopic (exact) mass is 315 g/mol. The Morgan fingerprint density at radius 3 is 2.26 bits per heavy atom.